The summed E-state index contributed by atoms with van der Waals surface area (Å²) in [6, 6.07) is 16.7. The minimum Gasteiger partial charge on any atom is -0.493 e. The molecule has 8 nitrogen and oxygen atoms in total. The van der Waals surface area contributed by atoms with Gasteiger partial charge in [0.25, 0.3) is 0 Å². The van der Waals surface area contributed by atoms with E-state index in [1.807, 2.05) is 79.8 Å². The van der Waals surface area contributed by atoms with E-state index in [2.05, 4.69) is 9.97 Å². The van der Waals surface area contributed by atoms with Crippen molar-refractivity contribution in [3.63, 3.8) is 0 Å². The highest BCUT2D eigenvalue weighted by Gasteiger charge is 2.48. The van der Waals surface area contributed by atoms with E-state index in [0.29, 0.717) is 34.9 Å². The fourth-order valence-corrected chi connectivity index (χ4v) is 4.33. The van der Waals surface area contributed by atoms with E-state index >= 15 is 0 Å². The largest absolute Gasteiger partial charge is 0.493 e. The number of hydrogen-bond acceptors (Lipinski definition) is 7. The molecule has 1 N–H and O–H groups in total. The second-order valence-electron chi connectivity index (χ2n) is 8.97. The molecule has 2 unspecified atom stereocenters. The number of aromatic nitrogens is 2. The first-order valence-corrected chi connectivity index (χ1v) is 12.7. The van der Waals surface area contributed by atoms with Crippen LogP contribution in [0.25, 0.3) is 0 Å². The van der Waals surface area contributed by atoms with Crippen molar-refractivity contribution in [1.82, 2.24) is 9.97 Å². The number of carboxylic acid groups (broad SMARTS) is 1. The van der Waals surface area contributed by atoms with Crippen LogP contribution in [0.3, 0.4) is 0 Å². The number of aliphatic carboxylic acids is 1. The highest BCUT2D eigenvalue weighted by atomic mass is 16.6. The monoisotopic (exact) mass is 532 g/mol. The zero-order chi connectivity index (χ0) is 28.3. The van der Waals surface area contributed by atoms with Crippen LogP contribution in [0.5, 0.6) is 17.5 Å². The second kappa shape index (κ2) is 14.1. The van der Waals surface area contributed by atoms with Crippen molar-refractivity contribution in [2.24, 2.45) is 0 Å². The zero-order valence-electron chi connectivity index (χ0n) is 23.1. The van der Waals surface area contributed by atoms with Gasteiger partial charge < -0.3 is 24.1 Å². The molecule has 1 heterocycles. The molecule has 0 fully saturated rings. The van der Waals surface area contributed by atoms with E-state index in [0.717, 1.165) is 5.56 Å². The van der Waals surface area contributed by atoms with Crippen LogP contribution in [0.2, 0.25) is 0 Å². The Hall–Kier alpha value is -4.17. The smallest absolute Gasteiger partial charge is 0.348 e. The van der Waals surface area contributed by atoms with Crippen LogP contribution in [0.4, 0.5) is 0 Å². The molecule has 206 valence electrons. The van der Waals surface area contributed by atoms with Gasteiger partial charge in [0.15, 0.2) is 11.5 Å². The second-order valence-corrected chi connectivity index (χ2v) is 8.97. The molecule has 8 heteroatoms. The molecule has 0 radical (unpaired) electrons. The van der Waals surface area contributed by atoms with E-state index in [4.69, 9.17) is 18.9 Å². The summed E-state index contributed by atoms with van der Waals surface area (Å²) in [5, 5.41) is 10.5. The fraction of sp³-hybridized carbons (Fsp3) is 0.323. The first kappa shape index (κ1) is 29.4. The van der Waals surface area contributed by atoms with Gasteiger partial charge in [-0.25, -0.2) is 14.8 Å². The average molecular weight is 533 g/mol. The third kappa shape index (κ3) is 7.67. The van der Waals surface area contributed by atoms with E-state index in [-0.39, 0.29) is 19.0 Å². The molecule has 0 saturated heterocycles. The maximum Gasteiger partial charge on any atom is 0.348 e. The van der Waals surface area contributed by atoms with Crippen molar-refractivity contribution in [3.8, 4) is 17.5 Å². The van der Waals surface area contributed by atoms with Gasteiger partial charge in [-0.05, 0) is 56.5 Å². The molecule has 3 aromatic rings. The van der Waals surface area contributed by atoms with Gasteiger partial charge in [0.05, 0.1) is 20.8 Å². The van der Waals surface area contributed by atoms with Crippen LogP contribution < -0.4 is 14.2 Å². The number of allylic oxidation sites excluding steroid dienone is 3. The summed E-state index contributed by atoms with van der Waals surface area (Å²) in [6.45, 7) is 5.74. The number of aryl methyl sites for hydroxylation is 2. The van der Waals surface area contributed by atoms with Crippen LogP contribution in [-0.4, -0.2) is 48.0 Å². The molecule has 1 aromatic heterocycles. The number of carboxylic acids is 1. The Bertz CT molecular complexity index is 1270. The van der Waals surface area contributed by atoms with Gasteiger partial charge in [-0.1, -0.05) is 60.7 Å². The van der Waals surface area contributed by atoms with Crippen molar-refractivity contribution >= 4 is 5.97 Å². The van der Waals surface area contributed by atoms with E-state index in [1.165, 1.54) is 0 Å². The van der Waals surface area contributed by atoms with Gasteiger partial charge in [0, 0.05) is 17.8 Å². The SMILES string of the molecule is C/C=C\C=C/CC(OCCc1ccc(OC)c(OC)c1)(c1ccccc1)C(Oc1nc(C)cc(C)n1)C(=O)O. The maximum absolute atomic E-state index is 12.8. The standard InChI is InChI=1S/C31H36N2O6/c1-6-7-8-12-18-31(25-13-10-9-11-14-25,28(29(34)35)39-30-32-22(2)20-23(3)33-30)38-19-17-24-15-16-26(36-4)27(21-24)37-5/h6-16,20-21,28H,17-19H2,1-5H3,(H,34,35)/b7-6-,12-8-. The Balaban J connectivity index is 2.04. The lowest BCUT2D eigenvalue weighted by atomic mass is 9.84. The summed E-state index contributed by atoms with van der Waals surface area (Å²) in [5.41, 5.74) is 1.58. The molecule has 0 aliphatic heterocycles. The quantitative estimate of drug-likeness (QED) is 0.267. The van der Waals surface area contributed by atoms with Crippen LogP contribution in [0.15, 0.2) is 78.9 Å². The van der Waals surface area contributed by atoms with Crippen LogP contribution >= 0.6 is 0 Å². The molecule has 0 spiro atoms. The number of ether oxygens (including phenoxy) is 4. The molecule has 2 atom stereocenters. The zero-order valence-corrected chi connectivity index (χ0v) is 23.1. The first-order valence-electron chi connectivity index (χ1n) is 12.7. The number of methoxy groups -OCH3 is 2. The third-order valence-corrected chi connectivity index (χ3v) is 6.15. The van der Waals surface area contributed by atoms with Gasteiger partial charge in [0.2, 0.25) is 6.10 Å². The Morgan fingerprint density at radius 1 is 0.974 bits per heavy atom. The van der Waals surface area contributed by atoms with Gasteiger partial charge in [0.1, 0.15) is 5.60 Å². The summed E-state index contributed by atoms with van der Waals surface area (Å²) in [6.07, 6.45) is 6.81. The van der Waals surface area contributed by atoms with E-state index in [1.54, 1.807) is 34.1 Å². The lowest BCUT2D eigenvalue weighted by molar-refractivity contribution is -0.171. The topological polar surface area (TPSA) is 100 Å². The normalized spacial score (nSPS) is 13.8. The first-order chi connectivity index (χ1) is 18.8. The lowest BCUT2D eigenvalue weighted by Crippen LogP contribution is -2.50. The molecule has 0 saturated carbocycles. The molecular formula is C31H36N2O6. The molecule has 39 heavy (non-hydrogen) atoms. The van der Waals surface area contributed by atoms with Crippen LogP contribution in [-0.2, 0) is 21.6 Å². The summed E-state index contributed by atoms with van der Waals surface area (Å²) in [7, 11) is 3.17. The maximum atomic E-state index is 12.8. The Kier molecular flexibility index (Phi) is 10.6. The Morgan fingerprint density at radius 3 is 2.28 bits per heavy atom. The minimum absolute atomic E-state index is 0.0128. The number of nitrogens with zero attached hydrogens (tertiary/aromatic N) is 2. The van der Waals surface area contributed by atoms with Gasteiger partial charge in [-0.15, -0.1) is 0 Å². The average Bonchev–Trinajstić information content (AvgIpc) is 2.93. The molecule has 0 bridgehead atoms. The number of carbonyl (C=O) groups is 1. The Labute approximate surface area is 229 Å². The number of rotatable bonds is 14. The summed E-state index contributed by atoms with van der Waals surface area (Å²) < 4.78 is 23.4. The van der Waals surface area contributed by atoms with Crippen molar-refractivity contribution in [2.75, 3.05) is 20.8 Å². The lowest BCUT2D eigenvalue weighted by Gasteiger charge is -2.38. The van der Waals surface area contributed by atoms with Gasteiger partial charge in [-0.3, -0.25) is 0 Å². The predicted octanol–water partition coefficient (Wildman–Crippen LogP) is 5.62. The molecule has 2 aromatic carbocycles. The molecular weight excluding hydrogens is 496 g/mol. The third-order valence-electron chi connectivity index (χ3n) is 6.15. The van der Waals surface area contributed by atoms with E-state index in [9.17, 15) is 9.90 Å². The summed E-state index contributed by atoms with van der Waals surface area (Å²) in [5.74, 6) is 0.0483. The minimum atomic E-state index is -1.44. The summed E-state index contributed by atoms with van der Waals surface area (Å²) >= 11 is 0. The number of benzene rings is 2. The van der Waals surface area contributed by atoms with Gasteiger partial charge >= 0.3 is 12.0 Å². The molecule has 0 aliphatic carbocycles. The van der Waals surface area contributed by atoms with Crippen molar-refractivity contribution in [2.45, 2.75) is 45.3 Å². The van der Waals surface area contributed by atoms with E-state index < -0.39 is 17.7 Å². The molecule has 0 amide bonds. The molecule has 3 rings (SSSR count). The Morgan fingerprint density at radius 2 is 1.67 bits per heavy atom. The highest BCUT2D eigenvalue weighted by Crippen LogP contribution is 2.37. The van der Waals surface area contributed by atoms with Crippen molar-refractivity contribution in [3.05, 3.63) is 101 Å². The number of hydrogen-bond donors (Lipinski definition) is 1. The molecule has 0 aliphatic rings. The fourth-order valence-electron chi connectivity index (χ4n) is 4.33. The van der Waals surface area contributed by atoms with Crippen LogP contribution in [0.1, 0.15) is 35.9 Å². The van der Waals surface area contributed by atoms with Crippen LogP contribution in [0, 0.1) is 13.8 Å². The van der Waals surface area contributed by atoms with Gasteiger partial charge in [-0.2, -0.15) is 0 Å². The highest BCUT2D eigenvalue weighted by molar-refractivity contribution is 5.75. The predicted molar refractivity (Wildman–Crippen MR) is 149 cm³/mol. The van der Waals surface area contributed by atoms with Crippen molar-refractivity contribution in [1.29, 1.82) is 0 Å². The summed E-state index contributed by atoms with van der Waals surface area (Å²) in [4.78, 5) is 21.5. The van der Waals surface area contributed by atoms with Crippen molar-refractivity contribution < 1.29 is 28.8 Å².